The van der Waals surface area contributed by atoms with Crippen molar-refractivity contribution in [2.75, 3.05) is 0 Å². The summed E-state index contributed by atoms with van der Waals surface area (Å²) in [5, 5.41) is 11.8. The Hall–Kier alpha value is -2.28. The maximum absolute atomic E-state index is 12.4. The molecule has 1 heterocycles. The summed E-state index contributed by atoms with van der Waals surface area (Å²) in [7, 11) is 0. The Morgan fingerprint density at radius 2 is 1.70 bits per heavy atom. The molecule has 6 nitrogen and oxygen atoms in total. The molecule has 1 aromatic heterocycles. The highest BCUT2D eigenvalue weighted by molar-refractivity contribution is 9.10. The molecule has 1 saturated carbocycles. The van der Waals surface area contributed by atoms with Gasteiger partial charge in [-0.15, -0.1) is 0 Å². The van der Waals surface area contributed by atoms with Gasteiger partial charge >= 0.3 is 5.97 Å². The molecule has 0 saturated heterocycles. The van der Waals surface area contributed by atoms with Crippen molar-refractivity contribution in [1.82, 2.24) is 15.3 Å². The summed E-state index contributed by atoms with van der Waals surface area (Å²) in [6.07, 6.45) is 5.04. The topological polar surface area (TPSA) is 92.2 Å². The van der Waals surface area contributed by atoms with E-state index >= 15 is 0 Å². The fourth-order valence-corrected chi connectivity index (χ4v) is 2.89. The fourth-order valence-electron chi connectivity index (χ4n) is 2.62. The van der Waals surface area contributed by atoms with E-state index in [1.807, 2.05) is 24.3 Å². The molecule has 0 bridgehead atoms. The molecule has 0 aliphatic heterocycles. The molecular formula is C16H14BrN3O3. The third-order valence-corrected chi connectivity index (χ3v) is 4.59. The van der Waals surface area contributed by atoms with Crippen molar-refractivity contribution in [3.63, 3.8) is 0 Å². The van der Waals surface area contributed by atoms with Crippen molar-refractivity contribution >= 4 is 27.8 Å². The van der Waals surface area contributed by atoms with Crippen LogP contribution in [-0.4, -0.2) is 27.0 Å². The van der Waals surface area contributed by atoms with E-state index in [9.17, 15) is 9.59 Å². The minimum absolute atomic E-state index is 0.110. The van der Waals surface area contributed by atoms with Gasteiger partial charge in [0.05, 0.1) is 17.9 Å². The Bertz CT molecular complexity index is 740. The number of hydrogen-bond acceptors (Lipinski definition) is 4. The number of amides is 1. The van der Waals surface area contributed by atoms with Gasteiger partial charge in [0.1, 0.15) is 5.69 Å². The van der Waals surface area contributed by atoms with E-state index < -0.39 is 5.97 Å². The van der Waals surface area contributed by atoms with E-state index in [4.69, 9.17) is 5.11 Å². The number of hydrogen-bond donors (Lipinski definition) is 2. The lowest BCUT2D eigenvalue weighted by molar-refractivity contribution is 0.0687. The zero-order chi connectivity index (χ0) is 16.4. The minimum atomic E-state index is -1.17. The average molecular weight is 376 g/mol. The van der Waals surface area contributed by atoms with Crippen LogP contribution in [0.2, 0.25) is 0 Å². The number of carboxylic acid groups (broad SMARTS) is 1. The van der Waals surface area contributed by atoms with Crippen LogP contribution in [0.1, 0.15) is 45.8 Å². The molecule has 3 rings (SSSR count). The van der Waals surface area contributed by atoms with Crippen LogP contribution in [-0.2, 0) is 5.54 Å². The Balaban J connectivity index is 1.80. The van der Waals surface area contributed by atoms with Gasteiger partial charge in [0.25, 0.3) is 5.91 Å². The summed E-state index contributed by atoms with van der Waals surface area (Å²) < 4.78 is 0.983. The first-order valence-corrected chi connectivity index (χ1v) is 7.93. The van der Waals surface area contributed by atoms with E-state index in [2.05, 4.69) is 31.2 Å². The van der Waals surface area contributed by atoms with Crippen LogP contribution in [0.3, 0.4) is 0 Å². The number of nitrogens with zero attached hydrogens (tertiary/aromatic N) is 2. The fraction of sp³-hybridized carbons (Fsp3) is 0.250. The molecule has 2 aromatic rings. The molecular weight excluding hydrogens is 362 g/mol. The maximum Gasteiger partial charge on any atom is 0.356 e. The van der Waals surface area contributed by atoms with Gasteiger partial charge in [-0.2, -0.15) is 0 Å². The molecule has 1 aromatic carbocycles. The molecule has 1 amide bonds. The number of benzene rings is 1. The Morgan fingerprint density at radius 1 is 1.09 bits per heavy atom. The molecule has 118 valence electrons. The smallest absolute Gasteiger partial charge is 0.356 e. The first kappa shape index (κ1) is 15.6. The average Bonchev–Trinajstić information content (AvgIpc) is 2.52. The Labute approximate surface area is 141 Å². The second kappa shape index (κ2) is 6.08. The van der Waals surface area contributed by atoms with Crippen LogP contribution in [0.5, 0.6) is 0 Å². The number of aromatic carboxylic acids is 1. The predicted molar refractivity (Wildman–Crippen MR) is 86.1 cm³/mol. The summed E-state index contributed by atoms with van der Waals surface area (Å²) in [5.74, 6) is -1.52. The molecule has 2 N–H and O–H groups in total. The van der Waals surface area contributed by atoms with Crippen LogP contribution in [0.25, 0.3) is 0 Å². The zero-order valence-electron chi connectivity index (χ0n) is 12.1. The number of carboxylic acids is 1. The van der Waals surface area contributed by atoms with Gasteiger partial charge in [0, 0.05) is 4.47 Å². The predicted octanol–water partition coefficient (Wildman–Crippen LogP) is 2.75. The first-order chi connectivity index (χ1) is 11.0. The number of carbonyl (C=O) groups excluding carboxylic acids is 1. The van der Waals surface area contributed by atoms with Crippen molar-refractivity contribution in [2.24, 2.45) is 0 Å². The highest BCUT2D eigenvalue weighted by Crippen LogP contribution is 2.41. The van der Waals surface area contributed by atoms with Crippen LogP contribution in [0.4, 0.5) is 0 Å². The lowest BCUT2D eigenvalue weighted by Crippen LogP contribution is -2.51. The van der Waals surface area contributed by atoms with Gasteiger partial charge in [-0.05, 0) is 37.0 Å². The van der Waals surface area contributed by atoms with E-state index in [1.165, 1.54) is 6.20 Å². The summed E-state index contributed by atoms with van der Waals surface area (Å²) in [6.45, 7) is 0. The van der Waals surface area contributed by atoms with Gasteiger partial charge in [0.2, 0.25) is 0 Å². The molecule has 1 aliphatic rings. The number of nitrogens with one attached hydrogen (secondary N) is 1. The SMILES string of the molecule is O=C(O)c1cnc(C(=O)NC2(c3ccc(Br)cc3)CCC2)cn1. The normalized spacial score (nSPS) is 15.5. The van der Waals surface area contributed by atoms with Crippen molar-refractivity contribution in [1.29, 1.82) is 0 Å². The van der Waals surface area contributed by atoms with Crippen LogP contribution in [0, 0.1) is 0 Å². The van der Waals surface area contributed by atoms with E-state index in [0.29, 0.717) is 0 Å². The zero-order valence-corrected chi connectivity index (χ0v) is 13.7. The molecule has 0 unspecified atom stereocenters. The molecule has 23 heavy (non-hydrogen) atoms. The van der Waals surface area contributed by atoms with Gasteiger partial charge < -0.3 is 10.4 Å². The van der Waals surface area contributed by atoms with Crippen molar-refractivity contribution in [3.8, 4) is 0 Å². The molecule has 0 radical (unpaired) electrons. The number of halogens is 1. The summed E-state index contributed by atoms with van der Waals surface area (Å²) in [4.78, 5) is 30.8. The number of aromatic nitrogens is 2. The van der Waals surface area contributed by atoms with Gasteiger partial charge in [-0.25, -0.2) is 14.8 Å². The van der Waals surface area contributed by atoms with E-state index in [1.54, 1.807) is 0 Å². The third kappa shape index (κ3) is 3.10. The monoisotopic (exact) mass is 375 g/mol. The van der Waals surface area contributed by atoms with E-state index in [-0.39, 0.29) is 22.8 Å². The first-order valence-electron chi connectivity index (χ1n) is 7.14. The Morgan fingerprint density at radius 3 is 2.17 bits per heavy atom. The molecule has 1 aliphatic carbocycles. The number of rotatable bonds is 4. The van der Waals surface area contributed by atoms with Crippen LogP contribution < -0.4 is 5.32 Å². The highest BCUT2D eigenvalue weighted by atomic mass is 79.9. The molecule has 1 fully saturated rings. The van der Waals surface area contributed by atoms with Gasteiger partial charge in [0.15, 0.2) is 5.69 Å². The maximum atomic E-state index is 12.4. The van der Waals surface area contributed by atoms with Crippen molar-refractivity contribution < 1.29 is 14.7 Å². The number of carbonyl (C=O) groups is 2. The van der Waals surface area contributed by atoms with Crippen molar-refractivity contribution in [3.05, 3.63) is 58.1 Å². The van der Waals surface area contributed by atoms with Gasteiger partial charge in [-0.3, -0.25) is 4.79 Å². The van der Waals surface area contributed by atoms with Gasteiger partial charge in [-0.1, -0.05) is 28.1 Å². The quantitative estimate of drug-likeness (QED) is 0.856. The summed E-state index contributed by atoms with van der Waals surface area (Å²) in [6, 6.07) is 7.87. The Kier molecular flexibility index (Phi) is 4.12. The minimum Gasteiger partial charge on any atom is -0.476 e. The lowest BCUT2D eigenvalue weighted by atomic mass is 9.71. The second-order valence-corrected chi connectivity index (χ2v) is 6.40. The second-order valence-electron chi connectivity index (χ2n) is 5.49. The molecule has 0 atom stereocenters. The summed E-state index contributed by atoms with van der Waals surface area (Å²) >= 11 is 3.40. The van der Waals surface area contributed by atoms with Crippen molar-refractivity contribution in [2.45, 2.75) is 24.8 Å². The largest absolute Gasteiger partial charge is 0.476 e. The standard InChI is InChI=1S/C16H14BrN3O3/c17-11-4-2-10(3-5-11)16(6-1-7-16)20-14(21)12-8-19-13(9-18-12)15(22)23/h2-5,8-9H,1,6-7H2,(H,20,21)(H,22,23). The van der Waals surface area contributed by atoms with Crippen LogP contribution in [0.15, 0.2) is 41.1 Å². The third-order valence-electron chi connectivity index (χ3n) is 4.06. The molecule has 0 spiro atoms. The molecule has 7 heteroatoms. The van der Waals surface area contributed by atoms with E-state index in [0.717, 1.165) is 35.5 Å². The highest BCUT2D eigenvalue weighted by Gasteiger charge is 2.40. The lowest BCUT2D eigenvalue weighted by Gasteiger charge is -2.43. The summed E-state index contributed by atoms with van der Waals surface area (Å²) in [5.41, 5.74) is 0.590. The van der Waals surface area contributed by atoms with Crippen LogP contribution >= 0.6 is 15.9 Å².